The molecule has 0 aliphatic rings. The van der Waals surface area contributed by atoms with E-state index in [-0.39, 0.29) is 6.61 Å². The lowest BCUT2D eigenvalue weighted by Crippen LogP contribution is -1.98. The summed E-state index contributed by atoms with van der Waals surface area (Å²) in [6, 6.07) is 8.08. The Labute approximate surface area is 174 Å². The predicted molar refractivity (Wildman–Crippen MR) is 122 cm³/mol. The third-order valence-corrected chi connectivity index (χ3v) is 5.25. The first-order valence-electron chi connectivity index (χ1n) is 11.8. The van der Waals surface area contributed by atoms with E-state index in [0.29, 0.717) is 0 Å². The molecule has 0 fully saturated rings. The third kappa shape index (κ3) is 14.7. The number of allylic oxidation sites excluding steroid dienone is 2. The first-order valence-corrected chi connectivity index (χ1v) is 11.8. The Bertz CT molecular complexity index is 464. The molecule has 0 radical (unpaired) electrons. The molecule has 2 heteroatoms. The van der Waals surface area contributed by atoms with E-state index in [1.807, 2.05) is 24.3 Å². The fourth-order valence-electron chi connectivity index (χ4n) is 3.42. The summed E-state index contributed by atoms with van der Waals surface area (Å²) >= 11 is 0. The van der Waals surface area contributed by atoms with E-state index in [4.69, 9.17) is 9.84 Å². The monoisotopic (exact) mass is 388 g/mol. The van der Waals surface area contributed by atoms with Crippen molar-refractivity contribution in [3.63, 3.8) is 0 Å². The minimum atomic E-state index is 0.204. The number of unbranched alkanes of at least 4 members (excludes halogenated alkanes) is 12. The quantitative estimate of drug-likeness (QED) is 0.195. The lowest BCUT2D eigenvalue weighted by Gasteiger charge is -2.07. The van der Waals surface area contributed by atoms with Gasteiger partial charge in [0.15, 0.2) is 0 Å². The van der Waals surface area contributed by atoms with Crippen molar-refractivity contribution in [2.45, 2.75) is 103 Å². The van der Waals surface area contributed by atoms with Gasteiger partial charge in [-0.25, -0.2) is 0 Å². The molecule has 2 nitrogen and oxygen atoms in total. The molecule has 1 N–H and O–H groups in total. The molecule has 0 aromatic heterocycles. The smallest absolute Gasteiger partial charge is 0.119 e. The zero-order valence-electron chi connectivity index (χ0n) is 18.3. The molecule has 28 heavy (non-hydrogen) atoms. The van der Waals surface area contributed by atoms with Crippen LogP contribution in [0, 0.1) is 0 Å². The van der Waals surface area contributed by atoms with Crippen molar-refractivity contribution in [3.05, 3.63) is 42.0 Å². The summed E-state index contributed by atoms with van der Waals surface area (Å²) in [4.78, 5) is 0. The topological polar surface area (TPSA) is 29.5 Å². The van der Waals surface area contributed by atoms with Crippen LogP contribution in [0.25, 0.3) is 0 Å². The molecule has 0 bridgehead atoms. The lowest BCUT2D eigenvalue weighted by molar-refractivity contribution is 0.298. The van der Waals surface area contributed by atoms with Crippen molar-refractivity contribution < 1.29 is 9.84 Å². The number of rotatable bonds is 19. The highest BCUT2D eigenvalue weighted by molar-refractivity contribution is 5.27. The summed E-state index contributed by atoms with van der Waals surface area (Å²) in [6.45, 7) is 3.29. The fourth-order valence-corrected chi connectivity index (χ4v) is 3.42. The summed E-state index contributed by atoms with van der Waals surface area (Å²) in [6.07, 6.45) is 24.2. The van der Waals surface area contributed by atoms with Crippen LogP contribution < -0.4 is 4.74 Å². The number of hydrogen-bond donors (Lipinski definition) is 1. The fraction of sp³-hybridized carbons (Fsp3) is 0.692. The minimum absolute atomic E-state index is 0.204. The molecule has 0 aliphatic carbocycles. The Kier molecular flexibility index (Phi) is 16.8. The molecule has 1 rings (SSSR count). The second kappa shape index (κ2) is 19.1. The van der Waals surface area contributed by atoms with Crippen molar-refractivity contribution in [1.29, 1.82) is 0 Å². The van der Waals surface area contributed by atoms with Crippen LogP contribution in [0.2, 0.25) is 0 Å². The van der Waals surface area contributed by atoms with Crippen LogP contribution in [0.3, 0.4) is 0 Å². The SMILES string of the molecule is CCCCCCCC/C=C\CCCCCCCCOc1ccc(CCO)cc1. The molecule has 0 atom stereocenters. The van der Waals surface area contributed by atoms with Crippen molar-refractivity contribution >= 4 is 0 Å². The first-order chi connectivity index (χ1) is 13.9. The zero-order chi connectivity index (χ0) is 20.1. The Morgan fingerprint density at radius 3 is 1.82 bits per heavy atom. The van der Waals surface area contributed by atoms with Gasteiger partial charge in [-0.05, 0) is 56.2 Å². The van der Waals surface area contributed by atoms with Crippen LogP contribution in [0.5, 0.6) is 5.75 Å². The molecular weight excluding hydrogens is 344 g/mol. The number of hydrogen-bond acceptors (Lipinski definition) is 2. The molecule has 160 valence electrons. The zero-order valence-corrected chi connectivity index (χ0v) is 18.3. The predicted octanol–water partition coefficient (Wildman–Crippen LogP) is 7.64. The van der Waals surface area contributed by atoms with Gasteiger partial charge in [-0.15, -0.1) is 0 Å². The van der Waals surface area contributed by atoms with Crippen LogP contribution in [-0.4, -0.2) is 18.3 Å². The van der Waals surface area contributed by atoms with E-state index in [0.717, 1.165) is 30.8 Å². The van der Waals surface area contributed by atoms with Crippen LogP contribution in [0.4, 0.5) is 0 Å². The molecule has 0 aliphatic heterocycles. The molecule has 0 spiro atoms. The van der Waals surface area contributed by atoms with Gasteiger partial charge in [0.2, 0.25) is 0 Å². The van der Waals surface area contributed by atoms with Gasteiger partial charge in [0.25, 0.3) is 0 Å². The summed E-state index contributed by atoms with van der Waals surface area (Å²) in [5.41, 5.74) is 1.16. The van der Waals surface area contributed by atoms with E-state index in [1.165, 1.54) is 83.5 Å². The van der Waals surface area contributed by atoms with Crippen molar-refractivity contribution in [3.8, 4) is 5.75 Å². The normalized spacial score (nSPS) is 11.4. The number of ether oxygens (including phenoxy) is 1. The Morgan fingerprint density at radius 2 is 1.25 bits per heavy atom. The van der Waals surface area contributed by atoms with Crippen molar-refractivity contribution in [2.24, 2.45) is 0 Å². The second-order valence-corrected chi connectivity index (χ2v) is 7.90. The maximum Gasteiger partial charge on any atom is 0.119 e. The molecular formula is C26H44O2. The van der Waals surface area contributed by atoms with Gasteiger partial charge < -0.3 is 9.84 Å². The first kappa shape index (κ1) is 24.8. The van der Waals surface area contributed by atoms with Crippen LogP contribution in [0.1, 0.15) is 102 Å². The summed E-state index contributed by atoms with van der Waals surface area (Å²) < 4.78 is 5.79. The van der Waals surface area contributed by atoms with Crippen LogP contribution >= 0.6 is 0 Å². The van der Waals surface area contributed by atoms with Gasteiger partial charge in [0, 0.05) is 6.61 Å². The summed E-state index contributed by atoms with van der Waals surface area (Å²) in [5.74, 6) is 0.939. The second-order valence-electron chi connectivity index (χ2n) is 7.90. The van der Waals surface area contributed by atoms with Gasteiger partial charge >= 0.3 is 0 Å². The maximum atomic E-state index is 8.92. The molecule has 0 saturated carbocycles. The van der Waals surface area contributed by atoms with Crippen molar-refractivity contribution in [2.75, 3.05) is 13.2 Å². The van der Waals surface area contributed by atoms with E-state index in [9.17, 15) is 0 Å². The molecule has 1 aromatic carbocycles. The highest BCUT2D eigenvalue weighted by atomic mass is 16.5. The largest absolute Gasteiger partial charge is 0.494 e. The maximum absolute atomic E-state index is 8.92. The van der Waals surface area contributed by atoms with Crippen LogP contribution in [-0.2, 0) is 6.42 Å². The van der Waals surface area contributed by atoms with Gasteiger partial charge in [-0.1, -0.05) is 89.0 Å². The molecule has 0 heterocycles. The third-order valence-electron chi connectivity index (χ3n) is 5.25. The summed E-state index contributed by atoms with van der Waals surface area (Å²) in [7, 11) is 0. The van der Waals surface area contributed by atoms with Gasteiger partial charge in [0.05, 0.1) is 6.61 Å². The highest BCUT2D eigenvalue weighted by Crippen LogP contribution is 2.14. The van der Waals surface area contributed by atoms with Gasteiger partial charge in [0.1, 0.15) is 5.75 Å². The minimum Gasteiger partial charge on any atom is -0.494 e. The molecule has 0 amide bonds. The number of benzene rings is 1. The van der Waals surface area contributed by atoms with E-state index in [2.05, 4.69) is 19.1 Å². The highest BCUT2D eigenvalue weighted by Gasteiger charge is 1.96. The Balaban J connectivity index is 1.82. The van der Waals surface area contributed by atoms with E-state index < -0.39 is 0 Å². The standard InChI is InChI=1S/C26H44O2/c1-2-3-4-5-6-7-8-9-10-11-12-13-14-15-16-17-24-28-26-20-18-25(19-21-26)22-23-27/h9-10,18-21,27H,2-8,11-17,22-24H2,1H3/b10-9-. The Morgan fingerprint density at radius 1 is 0.714 bits per heavy atom. The van der Waals surface area contributed by atoms with E-state index >= 15 is 0 Å². The average Bonchev–Trinajstić information content (AvgIpc) is 2.72. The summed E-state index contributed by atoms with van der Waals surface area (Å²) in [5, 5.41) is 8.92. The van der Waals surface area contributed by atoms with Gasteiger partial charge in [-0.3, -0.25) is 0 Å². The number of aliphatic hydroxyl groups is 1. The van der Waals surface area contributed by atoms with E-state index in [1.54, 1.807) is 0 Å². The van der Waals surface area contributed by atoms with Gasteiger partial charge in [-0.2, -0.15) is 0 Å². The molecule has 1 aromatic rings. The molecule has 0 saturated heterocycles. The average molecular weight is 389 g/mol. The number of aliphatic hydroxyl groups excluding tert-OH is 1. The van der Waals surface area contributed by atoms with Crippen molar-refractivity contribution in [1.82, 2.24) is 0 Å². The van der Waals surface area contributed by atoms with Crippen LogP contribution in [0.15, 0.2) is 36.4 Å². The Hall–Kier alpha value is -1.28. The lowest BCUT2D eigenvalue weighted by atomic mass is 10.1. The molecule has 0 unspecified atom stereocenters.